The molecule has 1 aliphatic carbocycles. The van der Waals surface area contributed by atoms with E-state index in [2.05, 4.69) is 31.2 Å². The number of aryl methyl sites for hydroxylation is 1. The van der Waals surface area contributed by atoms with Gasteiger partial charge in [-0.3, -0.25) is 4.79 Å². The molecule has 0 bridgehead atoms. The molecule has 20 heavy (non-hydrogen) atoms. The number of carbonyl (C=O) groups is 1. The van der Waals surface area contributed by atoms with Crippen LogP contribution in [0.5, 0.6) is 0 Å². The van der Waals surface area contributed by atoms with Crippen LogP contribution in [-0.2, 0) is 22.4 Å². The van der Waals surface area contributed by atoms with Crippen LogP contribution in [-0.4, -0.2) is 23.8 Å². The number of carboxylic acids is 1. The maximum atomic E-state index is 11.9. The first-order valence-corrected chi connectivity index (χ1v) is 7.58. The van der Waals surface area contributed by atoms with Gasteiger partial charge in [-0.15, -0.1) is 0 Å². The highest BCUT2D eigenvalue weighted by atomic mass is 16.5. The third kappa shape index (κ3) is 2.35. The molecule has 3 rings (SSSR count). The van der Waals surface area contributed by atoms with Crippen LogP contribution in [0.1, 0.15) is 37.3 Å². The van der Waals surface area contributed by atoms with Gasteiger partial charge < -0.3 is 9.84 Å². The second-order valence-corrected chi connectivity index (χ2v) is 6.19. The fraction of sp³-hybridized carbons (Fsp3) is 0.588. The summed E-state index contributed by atoms with van der Waals surface area (Å²) in [7, 11) is 0. The van der Waals surface area contributed by atoms with Crippen LogP contribution in [0.2, 0.25) is 0 Å². The second-order valence-electron chi connectivity index (χ2n) is 6.19. The van der Waals surface area contributed by atoms with E-state index in [0.29, 0.717) is 25.4 Å². The van der Waals surface area contributed by atoms with Gasteiger partial charge in [0.1, 0.15) is 5.41 Å². The highest BCUT2D eigenvalue weighted by Gasteiger charge is 2.55. The molecule has 1 saturated heterocycles. The zero-order valence-electron chi connectivity index (χ0n) is 12.0. The molecule has 1 N–H and O–H groups in total. The average Bonchev–Trinajstić information content (AvgIpc) is 3.21. The van der Waals surface area contributed by atoms with Crippen LogP contribution in [0.4, 0.5) is 0 Å². The standard InChI is InChI=1S/C17H22O3/c1-2-12-3-5-13(6-4-12)11-17(16(18)19)9-10-20-15(17)14-7-8-14/h3-6,14-15H,2,7-11H2,1H3,(H,18,19). The van der Waals surface area contributed by atoms with E-state index >= 15 is 0 Å². The molecule has 0 radical (unpaired) electrons. The number of ether oxygens (including phenoxy) is 1. The quantitative estimate of drug-likeness (QED) is 0.897. The lowest BCUT2D eigenvalue weighted by Crippen LogP contribution is -2.42. The van der Waals surface area contributed by atoms with Crippen LogP contribution >= 0.6 is 0 Å². The zero-order valence-corrected chi connectivity index (χ0v) is 12.0. The van der Waals surface area contributed by atoms with Gasteiger partial charge in [0, 0.05) is 6.61 Å². The van der Waals surface area contributed by atoms with Crippen molar-refractivity contribution in [2.75, 3.05) is 6.61 Å². The lowest BCUT2D eigenvalue weighted by Gasteiger charge is -2.30. The topological polar surface area (TPSA) is 46.5 Å². The van der Waals surface area contributed by atoms with Gasteiger partial charge in [0.05, 0.1) is 6.10 Å². The summed E-state index contributed by atoms with van der Waals surface area (Å²) in [5.41, 5.74) is 1.69. The summed E-state index contributed by atoms with van der Waals surface area (Å²) in [5, 5.41) is 9.79. The molecule has 2 fully saturated rings. The molecule has 2 atom stereocenters. The molecule has 1 aromatic carbocycles. The molecule has 2 unspecified atom stereocenters. The van der Waals surface area contributed by atoms with Crippen LogP contribution < -0.4 is 0 Å². The van der Waals surface area contributed by atoms with Gasteiger partial charge in [0.2, 0.25) is 0 Å². The summed E-state index contributed by atoms with van der Waals surface area (Å²) in [5.74, 6) is -0.227. The summed E-state index contributed by atoms with van der Waals surface area (Å²) in [6.45, 7) is 2.71. The molecule has 1 aromatic rings. The van der Waals surface area contributed by atoms with E-state index in [1.165, 1.54) is 5.56 Å². The molecule has 3 nitrogen and oxygen atoms in total. The number of hydrogen-bond acceptors (Lipinski definition) is 2. The second kappa shape index (κ2) is 5.21. The fourth-order valence-corrected chi connectivity index (χ4v) is 3.41. The molecule has 0 aromatic heterocycles. The Morgan fingerprint density at radius 2 is 1.95 bits per heavy atom. The van der Waals surface area contributed by atoms with Gasteiger partial charge in [0.15, 0.2) is 0 Å². The average molecular weight is 274 g/mol. The molecule has 2 aliphatic rings. The Hall–Kier alpha value is -1.35. The maximum Gasteiger partial charge on any atom is 0.312 e. The maximum absolute atomic E-state index is 11.9. The zero-order chi connectivity index (χ0) is 14.2. The van der Waals surface area contributed by atoms with E-state index in [9.17, 15) is 9.90 Å². The van der Waals surface area contributed by atoms with Crippen molar-refractivity contribution in [3.8, 4) is 0 Å². The third-order valence-electron chi connectivity index (χ3n) is 4.82. The molecular weight excluding hydrogens is 252 g/mol. The molecule has 1 heterocycles. The van der Waals surface area contributed by atoms with Gasteiger partial charge in [-0.2, -0.15) is 0 Å². The molecule has 1 aliphatic heterocycles. The van der Waals surface area contributed by atoms with E-state index in [-0.39, 0.29) is 6.10 Å². The lowest BCUT2D eigenvalue weighted by molar-refractivity contribution is -0.153. The monoisotopic (exact) mass is 274 g/mol. The van der Waals surface area contributed by atoms with Crippen molar-refractivity contribution in [1.29, 1.82) is 0 Å². The minimum atomic E-state index is -0.713. The van der Waals surface area contributed by atoms with Crippen molar-refractivity contribution in [3.05, 3.63) is 35.4 Å². The Labute approximate surface area is 120 Å². The first-order chi connectivity index (χ1) is 9.65. The van der Waals surface area contributed by atoms with Crippen LogP contribution in [0.15, 0.2) is 24.3 Å². The van der Waals surface area contributed by atoms with Gasteiger partial charge in [-0.05, 0) is 49.1 Å². The Kier molecular flexibility index (Phi) is 3.55. The molecule has 3 heteroatoms. The highest BCUT2D eigenvalue weighted by molar-refractivity contribution is 5.76. The normalized spacial score (nSPS) is 29.6. The highest BCUT2D eigenvalue weighted by Crippen LogP contribution is 2.49. The number of aliphatic carboxylic acids is 1. The molecular formula is C17H22O3. The number of carboxylic acid groups (broad SMARTS) is 1. The van der Waals surface area contributed by atoms with Gasteiger partial charge in [-0.1, -0.05) is 31.2 Å². The molecule has 1 saturated carbocycles. The van der Waals surface area contributed by atoms with Crippen LogP contribution in [0.3, 0.4) is 0 Å². The Bertz CT molecular complexity index is 489. The first kappa shape index (κ1) is 13.6. The molecule has 0 spiro atoms. The Balaban J connectivity index is 1.84. The van der Waals surface area contributed by atoms with Crippen molar-refractivity contribution in [1.82, 2.24) is 0 Å². The Morgan fingerprint density at radius 3 is 2.50 bits per heavy atom. The van der Waals surface area contributed by atoms with Gasteiger partial charge in [0.25, 0.3) is 0 Å². The number of rotatable bonds is 5. The van der Waals surface area contributed by atoms with Crippen molar-refractivity contribution in [2.24, 2.45) is 11.3 Å². The van der Waals surface area contributed by atoms with Crippen molar-refractivity contribution >= 4 is 5.97 Å². The fourth-order valence-electron chi connectivity index (χ4n) is 3.41. The van der Waals surface area contributed by atoms with E-state index in [0.717, 1.165) is 24.8 Å². The van der Waals surface area contributed by atoms with E-state index in [1.807, 2.05) is 0 Å². The minimum Gasteiger partial charge on any atom is -0.481 e. The van der Waals surface area contributed by atoms with E-state index in [1.54, 1.807) is 0 Å². The van der Waals surface area contributed by atoms with E-state index in [4.69, 9.17) is 4.74 Å². The lowest BCUT2D eigenvalue weighted by atomic mass is 9.74. The minimum absolute atomic E-state index is 0.0918. The number of hydrogen-bond donors (Lipinski definition) is 1. The van der Waals surface area contributed by atoms with Gasteiger partial charge in [-0.25, -0.2) is 0 Å². The van der Waals surface area contributed by atoms with Crippen molar-refractivity contribution in [3.63, 3.8) is 0 Å². The predicted octanol–water partition coefficient (Wildman–Crippen LogP) is 3.06. The summed E-state index contributed by atoms with van der Waals surface area (Å²) >= 11 is 0. The smallest absolute Gasteiger partial charge is 0.312 e. The summed E-state index contributed by atoms with van der Waals surface area (Å²) in [6, 6.07) is 8.36. The summed E-state index contributed by atoms with van der Waals surface area (Å²) < 4.78 is 5.79. The Morgan fingerprint density at radius 1 is 1.30 bits per heavy atom. The first-order valence-electron chi connectivity index (χ1n) is 7.58. The SMILES string of the molecule is CCc1ccc(CC2(C(=O)O)CCOC2C2CC2)cc1. The van der Waals surface area contributed by atoms with Gasteiger partial charge >= 0.3 is 5.97 Å². The molecule has 108 valence electrons. The largest absolute Gasteiger partial charge is 0.481 e. The number of benzene rings is 1. The molecule has 0 amide bonds. The van der Waals surface area contributed by atoms with Crippen molar-refractivity contribution in [2.45, 2.75) is 45.1 Å². The summed E-state index contributed by atoms with van der Waals surface area (Å²) in [6.07, 6.45) is 4.39. The third-order valence-corrected chi connectivity index (χ3v) is 4.82. The summed E-state index contributed by atoms with van der Waals surface area (Å²) in [4.78, 5) is 11.9. The van der Waals surface area contributed by atoms with Crippen LogP contribution in [0, 0.1) is 11.3 Å². The van der Waals surface area contributed by atoms with Crippen molar-refractivity contribution < 1.29 is 14.6 Å². The predicted molar refractivity (Wildman–Crippen MR) is 76.7 cm³/mol. The van der Waals surface area contributed by atoms with Crippen LogP contribution in [0.25, 0.3) is 0 Å². The van der Waals surface area contributed by atoms with E-state index < -0.39 is 11.4 Å².